The van der Waals surface area contributed by atoms with E-state index in [1.807, 2.05) is 0 Å². The Labute approximate surface area is 101 Å². The Bertz CT molecular complexity index is 390. The summed E-state index contributed by atoms with van der Waals surface area (Å²) in [5.41, 5.74) is -0.571. The highest BCUT2D eigenvalue weighted by Gasteiger charge is 2.35. The van der Waals surface area contributed by atoms with Gasteiger partial charge in [-0.15, -0.1) is 0 Å². The number of aliphatic hydroxyl groups is 1. The van der Waals surface area contributed by atoms with Crippen LogP contribution in [0.2, 0.25) is 0 Å². The van der Waals surface area contributed by atoms with Crippen molar-refractivity contribution in [3.63, 3.8) is 0 Å². The second-order valence-corrected chi connectivity index (χ2v) is 7.17. The van der Waals surface area contributed by atoms with Gasteiger partial charge in [0, 0.05) is 19.3 Å². The van der Waals surface area contributed by atoms with Crippen LogP contribution in [0.5, 0.6) is 0 Å². The van der Waals surface area contributed by atoms with Crippen molar-refractivity contribution < 1.29 is 23.1 Å². The Balaban J connectivity index is 2.73. The van der Waals surface area contributed by atoms with Crippen molar-refractivity contribution in [3.8, 4) is 0 Å². The number of carbonyl (C=O) groups excluding carboxylic acids is 1. The van der Waals surface area contributed by atoms with Gasteiger partial charge in [-0.05, 0) is 13.8 Å². The van der Waals surface area contributed by atoms with Crippen LogP contribution in [0, 0.1) is 0 Å². The van der Waals surface area contributed by atoms with Crippen molar-refractivity contribution in [1.29, 1.82) is 0 Å². The van der Waals surface area contributed by atoms with Gasteiger partial charge in [-0.25, -0.2) is 8.42 Å². The number of carbonyl (C=O) groups is 1. The molecule has 1 amide bonds. The fraction of sp³-hybridized carbons (Fsp3) is 0.900. The molecule has 7 heteroatoms. The van der Waals surface area contributed by atoms with Crippen LogP contribution in [-0.4, -0.2) is 67.7 Å². The molecule has 0 aromatic rings. The van der Waals surface area contributed by atoms with E-state index in [4.69, 9.17) is 9.84 Å². The monoisotopic (exact) mass is 265 g/mol. The van der Waals surface area contributed by atoms with E-state index in [2.05, 4.69) is 0 Å². The summed E-state index contributed by atoms with van der Waals surface area (Å²) in [7, 11) is -3.33. The molecule has 0 aromatic heterocycles. The van der Waals surface area contributed by atoms with Gasteiger partial charge in [0.25, 0.3) is 0 Å². The third-order valence-electron chi connectivity index (χ3n) is 2.42. The quantitative estimate of drug-likeness (QED) is 0.710. The van der Waals surface area contributed by atoms with Gasteiger partial charge in [0.2, 0.25) is 5.91 Å². The first-order valence-corrected chi connectivity index (χ1v) is 7.43. The molecule has 0 aliphatic carbocycles. The zero-order chi connectivity index (χ0) is 13.3. The summed E-state index contributed by atoms with van der Waals surface area (Å²) in [5, 5.41) is 9.07. The van der Waals surface area contributed by atoms with Crippen LogP contribution >= 0.6 is 0 Å². The Kier molecular flexibility index (Phi) is 4.16. The highest BCUT2D eigenvalue weighted by molar-refractivity contribution is 7.91. The fourth-order valence-corrected chi connectivity index (χ4v) is 2.53. The molecular formula is C10H19NO5S. The third kappa shape index (κ3) is 4.61. The Morgan fingerprint density at radius 1 is 1.53 bits per heavy atom. The van der Waals surface area contributed by atoms with E-state index in [0.717, 1.165) is 6.26 Å². The molecule has 1 saturated heterocycles. The van der Waals surface area contributed by atoms with Gasteiger partial charge in [0.15, 0.2) is 9.84 Å². The number of hydrogen-bond donors (Lipinski definition) is 1. The number of hydrogen-bond acceptors (Lipinski definition) is 5. The molecule has 1 heterocycles. The van der Waals surface area contributed by atoms with Crippen LogP contribution < -0.4 is 0 Å². The summed E-state index contributed by atoms with van der Waals surface area (Å²) in [5.74, 6) is -0.941. The molecule has 0 aromatic carbocycles. The summed E-state index contributed by atoms with van der Waals surface area (Å²) in [6, 6.07) is 0. The van der Waals surface area contributed by atoms with Gasteiger partial charge in [-0.3, -0.25) is 4.79 Å². The summed E-state index contributed by atoms with van der Waals surface area (Å²) in [6.45, 7) is 3.98. The number of aliphatic hydroxyl groups excluding tert-OH is 1. The van der Waals surface area contributed by atoms with E-state index in [1.165, 1.54) is 4.90 Å². The van der Waals surface area contributed by atoms with Crippen LogP contribution in [-0.2, 0) is 19.4 Å². The van der Waals surface area contributed by atoms with Crippen LogP contribution in [0.1, 0.15) is 13.8 Å². The molecule has 1 atom stereocenters. The lowest BCUT2D eigenvalue weighted by Gasteiger charge is -2.42. The minimum absolute atomic E-state index is 0.188. The maximum Gasteiger partial charge on any atom is 0.237 e. The lowest BCUT2D eigenvalue weighted by atomic mass is 10.1. The first kappa shape index (κ1) is 14.4. The van der Waals surface area contributed by atoms with Crippen molar-refractivity contribution >= 4 is 15.7 Å². The number of amides is 1. The molecule has 0 bridgehead atoms. The van der Waals surface area contributed by atoms with Gasteiger partial charge < -0.3 is 14.7 Å². The largest absolute Gasteiger partial charge is 0.394 e. The fourth-order valence-electron chi connectivity index (χ4n) is 1.90. The van der Waals surface area contributed by atoms with E-state index in [0.29, 0.717) is 6.54 Å². The standard InChI is InChI=1S/C10H19NO5S/c1-10(2)7-11(4-8(5-12)16-10)9(13)6-17(3,14)15/h8,12H,4-7H2,1-3H3. The molecule has 1 N–H and O–H groups in total. The average Bonchev–Trinajstić information content (AvgIpc) is 2.12. The summed E-state index contributed by atoms with van der Waals surface area (Å²) >= 11 is 0. The second-order valence-electron chi connectivity index (χ2n) is 5.03. The first-order valence-electron chi connectivity index (χ1n) is 5.37. The van der Waals surface area contributed by atoms with E-state index < -0.39 is 33.2 Å². The Morgan fingerprint density at radius 3 is 2.59 bits per heavy atom. The van der Waals surface area contributed by atoms with Gasteiger partial charge in [0.1, 0.15) is 5.75 Å². The highest BCUT2D eigenvalue weighted by Crippen LogP contribution is 2.21. The molecule has 1 unspecified atom stereocenters. The molecule has 1 fully saturated rings. The number of ether oxygens (including phenoxy) is 1. The molecule has 0 spiro atoms. The Hall–Kier alpha value is -0.660. The SMILES string of the molecule is CC1(C)CN(C(=O)CS(C)(=O)=O)CC(CO)O1. The first-order chi connectivity index (χ1) is 7.63. The molecular weight excluding hydrogens is 246 g/mol. The maximum atomic E-state index is 11.8. The summed E-state index contributed by atoms with van der Waals surface area (Å²) in [6.07, 6.45) is 0.572. The van der Waals surface area contributed by atoms with E-state index in [-0.39, 0.29) is 13.2 Å². The van der Waals surface area contributed by atoms with Crippen LogP contribution in [0.25, 0.3) is 0 Å². The zero-order valence-electron chi connectivity index (χ0n) is 10.3. The lowest BCUT2D eigenvalue weighted by molar-refractivity contribution is -0.165. The van der Waals surface area contributed by atoms with E-state index >= 15 is 0 Å². The van der Waals surface area contributed by atoms with Crippen molar-refractivity contribution in [2.45, 2.75) is 25.6 Å². The van der Waals surface area contributed by atoms with Gasteiger partial charge in [-0.2, -0.15) is 0 Å². The topological polar surface area (TPSA) is 83.9 Å². The van der Waals surface area contributed by atoms with Crippen molar-refractivity contribution in [2.75, 3.05) is 31.7 Å². The number of rotatable bonds is 3. The second kappa shape index (κ2) is 4.91. The van der Waals surface area contributed by atoms with Crippen LogP contribution in [0.15, 0.2) is 0 Å². The highest BCUT2D eigenvalue weighted by atomic mass is 32.2. The molecule has 100 valence electrons. The zero-order valence-corrected chi connectivity index (χ0v) is 11.2. The van der Waals surface area contributed by atoms with E-state index in [9.17, 15) is 13.2 Å². The van der Waals surface area contributed by atoms with E-state index in [1.54, 1.807) is 13.8 Å². The van der Waals surface area contributed by atoms with Crippen molar-refractivity contribution in [3.05, 3.63) is 0 Å². The van der Waals surface area contributed by atoms with Gasteiger partial charge in [0.05, 0.1) is 18.3 Å². The molecule has 1 aliphatic rings. The molecule has 17 heavy (non-hydrogen) atoms. The van der Waals surface area contributed by atoms with Gasteiger partial charge >= 0.3 is 0 Å². The number of nitrogens with zero attached hydrogens (tertiary/aromatic N) is 1. The van der Waals surface area contributed by atoms with Gasteiger partial charge in [-0.1, -0.05) is 0 Å². The molecule has 6 nitrogen and oxygen atoms in total. The van der Waals surface area contributed by atoms with Crippen molar-refractivity contribution in [2.24, 2.45) is 0 Å². The number of sulfone groups is 1. The molecule has 1 rings (SSSR count). The summed E-state index contributed by atoms with van der Waals surface area (Å²) in [4.78, 5) is 13.2. The molecule has 0 radical (unpaired) electrons. The predicted octanol–water partition coefficient (Wildman–Crippen LogP) is -0.971. The average molecular weight is 265 g/mol. The third-order valence-corrected chi connectivity index (χ3v) is 3.19. The molecule has 0 saturated carbocycles. The van der Waals surface area contributed by atoms with Crippen LogP contribution in [0.3, 0.4) is 0 Å². The Morgan fingerprint density at radius 2 is 2.12 bits per heavy atom. The maximum absolute atomic E-state index is 11.8. The lowest BCUT2D eigenvalue weighted by Crippen LogP contribution is -2.56. The summed E-state index contributed by atoms with van der Waals surface area (Å²) < 4.78 is 27.7. The molecule has 1 aliphatic heterocycles. The smallest absolute Gasteiger partial charge is 0.237 e. The van der Waals surface area contributed by atoms with Crippen molar-refractivity contribution in [1.82, 2.24) is 4.90 Å². The number of morpholine rings is 1. The predicted molar refractivity (Wildman–Crippen MR) is 62.3 cm³/mol. The normalized spacial score (nSPS) is 24.7. The minimum atomic E-state index is -3.33. The minimum Gasteiger partial charge on any atom is -0.394 e. The van der Waals surface area contributed by atoms with Crippen LogP contribution in [0.4, 0.5) is 0 Å².